The molecule has 0 unspecified atom stereocenters. The second-order valence-electron chi connectivity index (χ2n) is 25.4. The lowest BCUT2D eigenvalue weighted by atomic mass is 9.34. The molecule has 4 saturated heterocycles. The zero-order valence-corrected chi connectivity index (χ0v) is 44.9. The lowest BCUT2D eigenvalue weighted by molar-refractivity contribution is -0.382. The number of allylic oxidation sites excluding steroid dienone is 2. The molecule has 8 aliphatic rings. The van der Waals surface area contributed by atoms with Crippen LogP contribution in [0.3, 0.4) is 0 Å². The van der Waals surface area contributed by atoms with Crippen LogP contribution >= 0.6 is 0 Å². The second kappa shape index (κ2) is 22.3. The van der Waals surface area contributed by atoms with Crippen molar-refractivity contribution < 1.29 is 109 Å². The molecule has 4 aliphatic heterocycles. The molecule has 0 aromatic carbocycles. The topological polar surface area (TPSA) is 357 Å². The van der Waals surface area contributed by atoms with Crippen molar-refractivity contribution in [3.05, 3.63) is 11.6 Å². The van der Waals surface area contributed by atoms with Gasteiger partial charge in [0.25, 0.3) is 0 Å². The van der Waals surface area contributed by atoms with E-state index in [1.54, 1.807) is 0 Å². The van der Waals surface area contributed by atoms with Crippen LogP contribution < -0.4 is 0 Å². The van der Waals surface area contributed by atoms with Crippen LogP contribution in [0, 0.1) is 45.3 Å². The van der Waals surface area contributed by atoms with Gasteiger partial charge in [-0.2, -0.15) is 0 Å². The van der Waals surface area contributed by atoms with Crippen molar-refractivity contribution in [3.8, 4) is 0 Å². The maximum atomic E-state index is 12.9. The molecule has 22 nitrogen and oxygen atoms in total. The van der Waals surface area contributed by atoms with Crippen LogP contribution in [0.2, 0.25) is 0 Å². The highest BCUT2D eigenvalue weighted by Gasteiger charge is 2.74. The fraction of sp³-hybridized carbons (Fsp3) is 0.962. The molecule has 0 spiro atoms. The Balaban J connectivity index is 1.12. The Bertz CT molecular complexity index is 1960. The Labute approximate surface area is 439 Å². The van der Waals surface area contributed by atoms with Crippen LogP contribution in [-0.2, 0) is 37.9 Å². The van der Waals surface area contributed by atoms with Gasteiger partial charge in [0, 0.05) is 0 Å². The molecule has 30 atom stereocenters. The number of ether oxygens (including phenoxy) is 8. The first-order chi connectivity index (χ1) is 35.0. The molecule has 8 rings (SSSR count). The first-order valence-corrected chi connectivity index (χ1v) is 27.2. The Kier molecular flexibility index (Phi) is 17.8. The predicted molar refractivity (Wildman–Crippen MR) is 260 cm³/mol. The minimum atomic E-state index is -1.77. The third kappa shape index (κ3) is 10.5. The molecule has 4 saturated carbocycles. The molecule has 0 radical (unpaired) electrons. The van der Waals surface area contributed by atoms with Crippen LogP contribution in [0.15, 0.2) is 11.6 Å². The van der Waals surface area contributed by atoms with E-state index in [9.17, 15) is 71.5 Å². The summed E-state index contributed by atoms with van der Waals surface area (Å²) in [6, 6.07) is 0. The summed E-state index contributed by atoms with van der Waals surface area (Å²) in [6.45, 7) is 16.4. The van der Waals surface area contributed by atoms with Crippen LogP contribution in [0.5, 0.6) is 0 Å². The highest BCUT2D eigenvalue weighted by molar-refractivity contribution is 5.22. The van der Waals surface area contributed by atoms with Gasteiger partial charge in [-0.3, -0.25) is 0 Å². The first-order valence-electron chi connectivity index (χ1n) is 27.2. The lowest BCUT2D eigenvalue weighted by Crippen LogP contribution is -2.71. The van der Waals surface area contributed by atoms with E-state index in [0.29, 0.717) is 51.4 Å². The zero-order chi connectivity index (χ0) is 55.2. The maximum Gasteiger partial charge on any atom is 0.187 e. The minimum Gasteiger partial charge on any atom is -0.394 e. The standard InChI is InChI=1S/C53H90O22/c1-22(2)11-10-14-53(9,75-47-42(67)38(63)36(61)29(73-47)21-69-45-40(65)34(59)26(56)20-68-45)24-12-16-51(7)32(24)25(55)17-30-50(6)15-13-31(57)49(4,5)44(50)27(18-52(30,51)8)71-48-43(39(64)35(60)28(19-54)72-48)74-46-41(66)37(62)33(58)23(3)70-46/h11,23-48,54-67H,10,12-21H2,1-9H3/t23-,24-,25+,26-,27-,28+,29+,30+,31-,32-,33-,34-,35+,36+,37+,38-,39-,40+,41+,42+,43+,44+,45+,46+,47+,48-,50+,51+,52+,53-/m0/s1. The summed E-state index contributed by atoms with van der Waals surface area (Å²) in [6.07, 6.45) is -25.7. The molecular formula is C53H90O22. The summed E-state index contributed by atoms with van der Waals surface area (Å²) in [5.74, 6) is -1.37. The quantitative estimate of drug-likeness (QED) is 0.0691. The van der Waals surface area contributed by atoms with Gasteiger partial charge in [-0.05, 0) is 124 Å². The van der Waals surface area contributed by atoms with Crippen LogP contribution in [-0.4, -0.2) is 232 Å². The van der Waals surface area contributed by atoms with Gasteiger partial charge in [0.1, 0.15) is 85.5 Å². The van der Waals surface area contributed by atoms with E-state index in [-0.39, 0.29) is 18.4 Å². The summed E-state index contributed by atoms with van der Waals surface area (Å²) < 4.78 is 49.7. The van der Waals surface area contributed by atoms with Gasteiger partial charge < -0.3 is 109 Å². The van der Waals surface area contributed by atoms with Gasteiger partial charge in [0.15, 0.2) is 25.2 Å². The minimum absolute atomic E-state index is 0.136. The third-order valence-electron chi connectivity index (χ3n) is 20.4. The molecule has 0 aromatic heterocycles. The number of hydrogen-bond acceptors (Lipinski definition) is 22. The van der Waals surface area contributed by atoms with Crippen molar-refractivity contribution >= 4 is 0 Å². The molecule has 4 heterocycles. The monoisotopic (exact) mass is 1080 g/mol. The molecule has 4 aliphatic carbocycles. The SMILES string of the molecule is CC(C)=CCC[C@](C)(O[C@H]1O[C@H](CO[C@H]2OC[C@H](O)[C@H](O)[C@H]2O)[C@@H](O)[C@H](O)[C@H]1O)[C@H]1CC[C@]2(C)[C@@H]1[C@H](O)C[C@@H]1[C@@]3(C)CC[C@H](O)C(C)(C)[C@H]3[C@@H](O[C@H]3O[C@H](CO)[C@@H](O)[C@H](O)[C@H]3O[C@H]3O[C@@H](C)[C@H](O)[C@@H](O)[C@H]3O)C[C@]12C. The molecule has 0 aromatic rings. The van der Waals surface area contributed by atoms with Crippen molar-refractivity contribution in [2.45, 2.75) is 254 Å². The molecule has 8 fully saturated rings. The van der Waals surface area contributed by atoms with E-state index in [1.165, 1.54) is 6.92 Å². The Morgan fingerprint density at radius 2 is 1.28 bits per heavy atom. The van der Waals surface area contributed by atoms with Gasteiger partial charge in [-0.15, -0.1) is 0 Å². The van der Waals surface area contributed by atoms with Gasteiger partial charge in [0.2, 0.25) is 0 Å². The average molecular weight is 1080 g/mol. The van der Waals surface area contributed by atoms with Crippen LogP contribution in [0.1, 0.15) is 114 Å². The van der Waals surface area contributed by atoms with E-state index in [2.05, 4.69) is 26.8 Å². The Morgan fingerprint density at radius 3 is 1.95 bits per heavy atom. The van der Waals surface area contributed by atoms with Gasteiger partial charge in [-0.1, -0.05) is 46.3 Å². The fourth-order valence-electron chi connectivity index (χ4n) is 16.0. The summed E-state index contributed by atoms with van der Waals surface area (Å²) in [5.41, 5.74) is -2.78. The zero-order valence-electron chi connectivity index (χ0n) is 44.9. The molecule has 0 amide bonds. The molecule has 14 N–H and O–H groups in total. The predicted octanol–water partition coefficient (Wildman–Crippen LogP) is -1.57. The van der Waals surface area contributed by atoms with E-state index >= 15 is 0 Å². The van der Waals surface area contributed by atoms with Crippen molar-refractivity contribution in [2.75, 3.05) is 19.8 Å². The first kappa shape index (κ1) is 60.0. The summed E-state index contributed by atoms with van der Waals surface area (Å²) in [7, 11) is 0. The van der Waals surface area contributed by atoms with Crippen LogP contribution in [0.25, 0.3) is 0 Å². The van der Waals surface area contributed by atoms with E-state index in [1.807, 2.05) is 34.6 Å². The average Bonchev–Trinajstić information content (AvgIpc) is 3.75. The van der Waals surface area contributed by atoms with Crippen molar-refractivity contribution in [1.29, 1.82) is 0 Å². The van der Waals surface area contributed by atoms with Gasteiger partial charge >= 0.3 is 0 Å². The van der Waals surface area contributed by atoms with Crippen molar-refractivity contribution in [2.24, 2.45) is 45.3 Å². The summed E-state index contributed by atoms with van der Waals surface area (Å²) in [4.78, 5) is 0. The molecule has 434 valence electrons. The van der Waals surface area contributed by atoms with Crippen LogP contribution in [0.4, 0.5) is 0 Å². The van der Waals surface area contributed by atoms with Crippen molar-refractivity contribution in [1.82, 2.24) is 0 Å². The second-order valence-corrected chi connectivity index (χ2v) is 25.4. The number of rotatable bonds is 14. The number of hydrogen-bond donors (Lipinski definition) is 14. The smallest absolute Gasteiger partial charge is 0.187 e. The molecule has 0 bridgehead atoms. The van der Waals surface area contributed by atoms with Crippen molar-refractivity contribution in [3.63, 3.8) is 0 Å². The third-order valence-corrected chi connectivity index (χ3v) is 20.4. The van der Waals surface area contributed by atoms with Gasteiger partial charge in [-0.25, -0.2) is 0 Å². The summed E-state index contributed by atoms with van der Waals surface area (Å²) >= 11 is 0. The lowest BCUT2D eigenvalue weighted by Gasteiger charge is -2.72. The summed E-state index contributed by atoms with van der Waals surface area (Å²) in [5, 5.41) is 155. The molecular weight excluding hydrogens is 989 g/mol. The highest BCUT2D eigenvalue weighted by Crippen LogP contribution is 2.76. The molecule has 75 heavy (non-hydrogen) atoms. The number of aliphatic hydroxyl groups is 14. The number of aliphatic hydroxyl groups excluding tert-OH is 14. The largest absolute Gasteiger partial charge is 0.394 e. The highest BCUT2D eigenvalue weighted by atomic mass is 16.8. The fourth-order valence-corrected chi connectivity index (χ4v) is 16.0. The number of fused-ring (bicyclic) bond motifs is 5. The normalized spacial score (nSPS) is 53.7. The molecule has 22 heteroatoms. The maximum absolute atomic E-state index is 12.9. The van der Waals surface area contributed by atoms with E-state index < -0.39 is 187 Å². The Hall–Kier alpha value is -1.14. The van der Waals surface area contributed by atoms with E-state index in [4.69, 9.17) is 37.9 Å². The van der Waals surface area contributed by atoms with E-state index in [0.717, 1.165) is 5.57 Å². The Morgan fingerprint density at radius 1 is 0.653 bits per heavy atom. The van der Waals surface area contributed by atoms with Gasteiger partial charge in [0.05, 0.1) is 49.8 Å².